The zero-order chi connectivity index (χ0) is 17.3. The van der Waals surface area contributed by atoms with Gasteiger partial charge in [0.1, 0.15) is 4.90 Å². The van der Waals surface area contributed by atoms with E-state index in [0.29, 0.717) is 31.2 Å². The lowest BCUT2D eigenvalue weighted by molar-refractivity contribution is 0.354. The summed E-state index contributed by atoms with van der Waals surface area (Å²) in [7, 11) is -3.54. The van der Waals surface area contributed by atoms with E-state index >= 15 is 0 Å². The van der Waals surface area contributed by atoms with Gasteiger partial charge in [0.15, 0.2) is 0 Å². The Hall–Kier alpha value is -2.58. The SMILES string of the molecule is O=S(=O)(c1cccnc1)N1CC[C@@H](c2nc(-c3ccccc3)no2)C1. The molecule has 0 spiro atoms. The molecule has 128 valence electrons. The lowest BCUT2D eigenvalue weighted by atomic mass is 10.1. The topological polar surface area (TPSA) is 89.2 Å². The predicted molar refractivity (Wildman–Crippen MR) is 90.1 cm³/mol. The van der Waals surface area contributed by atoms with Gasteiger partial charge in [-0.1, -0.05) is 35.5 Å². The second kappa shape index (κ2) is 6.38. The number of rotatable bonds is 4. The van der Waals surface area contributed by atoms with Crippen LogP contribution >= 0.6 is 0 Å². The third kappa shape index (κ3) is 3.06. The summed E-state index contributed by atoms with van der Waals surface area (Å²) in [6.07, 6.45) is 3.56. The van der Waals surface area contributed by atoms with Crippen molar-refractivity contribution in [1.82, 2.24) is 19.4 Å². The van der Waals surface area contributed by atoms with E-state index in [2.05, 4.69) is 15.1 Å². The summed E-state index contributed by atoms with van der Waals surface area (Å²) in [5.41, 5.74) is 0.871. The van der Waals surface area contributed by atoms with Crippen molar-refractivity contribution >= 4 is 10.0 Å². The van der Waals surface area contributed by atoms with Gasteiger partial charge in [-0.05, 0) is 18.6 Å². The number of sulfonamides is 1. The lowest BCUT2D eigenvalue weighted by Gasteiger charge is -2.15. The lowest BCUT2D eigenvalue weighted by Crippen LogP contribution is -2.28. The highest BCUT2D eigenvalue weighted by Crippen LogP contribution is 2.31. The monoisotopic (exact) mass is 356 g/mol. The van der Waals surface area contributed by atoms with Gasteiger partial charge in [0.2, 0.25) is 21.7 Å². The van der Waals surface area contributed by atoms with E-state index < -0.39 is 10.0 Å². The van der Waals surface area contributed by atoms with Crippen molar-refractivity contribution in [3.63, 3.8) is 0 Å². The summed E-state index contributed by atoms with van der Waals surface area (Å²) in [5, 5.41) is 4.01. The largest absolute Gasteiger partial charge is 0.339 e. The van der Waals surface area contributed by atoms with E-state index in [1.165, 1.54) is 10.5 Å². The molecule has 0 saturated carbocycles. The van der Waals surface area contributed by atoms with Gasteiger partial charge in [-0.15, -0.1) is 0 Å². The number of hydrogen-bond donors (Lipinski definition) is 0. The molecule has 8 heteroatoms. The molecular weight excluding hydrogens is 340 g/mol. The van der Waals surface area contributed by atoms with Crippen LogP contribution in [-0.4, -0.2) is 40.9 Å². The average molecular weight is 356 g/mol. The summed E-state index contributed by atoms with van der Waals surface area (Å²) < 4.78 is 32.1. The molecule has 7 nitrogen and oxygen atoms in total. The van der Waals surface area contributed by atoms with E-state index in [4.69, 9.17) is 4.52 Å². The maximum Gasteiger partial charge on any atom is 0.244 e. The van der Waals surface area contributed by atoms with Crippen molar-refractivity contribution in [3.8, 4) is 11.4 Å². The first-order chi connectivity index (χ1) is 12.1. The third-order valence-electron chi connectivity index (χ3n) is 4.25. The summed E-state index contributed by atoms with van der Waals surface area (Å²) in [4.78, 5) is 8.53. The fraction of sp³-hybridized carbons (Fsp3) is 0.235. The highest BCUT2D eigenvalue weighted by Gasteiger charge is 2.35. The number of benzene rings is 1. The van der Waals surface area contributed by atoms with Gasteiger partial charge in [-0.3, -0.25) is 4.98 Å². The molecule has 0 N–H and O–H groups in total. The molecule has 1 aliphatic rings. The van der Waals surface area contributed by atoms with Crippen molar-refractivity contribution in [2.24, 2.45) is 0 Å². The van der Waals surface area contributed by atoms with E-state index in [0.717, 1.165) is 5.56 Å². The summed E-state index contributed by atoms with van der Waals surface area (Å²) in [6.45, 7) is 0.749. The van der Waals surface area contributed by atoms with Gasteiger partial charge in [-0.25, -0.2) is 8.42 Å². The maximum atomic E-state index is 12.7. The molecule has 4 rings (SSSR count). The molecule has 0 unspecified atom stereocenters. The van der Waals surface area contributed by atoms with E-state index in [-0.39, 0.29) is 10.8 Å². The van der Waals surface area contributed by atoms with Gasteiger partial charge in [-0.2, -0.15) is 9.29 Å². The fourth-order valence-corrected chi connectivity index (χ4v) is 4.37. The van der Waals surface area contributed by atoms with E-state index in [9.17, 15) is 8.42 Å². The van der Waals surface area contributed by atoms with Crippen LogP contribution in [0.4, 0.5) is 0 Å². The summed E-state index contributed by atoms with van der Waals surface area (Å²) in [6, 6.07) is 12.7. The molecule has 1 aliphatic heterocycles. The van der Waals surface area contributed by atoms with Crippen LogP contribution in [0.3, 0.4) is 0 Å². The Kier molecular flexibility index (Phi) is 4.06. The number of pyridine rings is 1. The molecule has 0 aliphatic carbocycles. The van der Waals surface area contributed by atoms with Crippen LogP contribution in [0.5, 0.6) is 0 Å². The van der Waals surface area contributed by atoms with Gasteiger partial charge in [0.05, 0.1) is 5.92 Å². The average Bonchev–Trinajstić information content (AvgIpc) is 3.33. The zero-order valence-electron chi connectivity index (χ0n) is 13.3. The van der Waals surface area contributed by atoms with Crippen LogP contribution in [0.2, 0.25) is 0 Å². The highest BCUT2D eigenvalue weighted by atomic mass is 32.2. The Morgan fingerprint density at radius 1 is 1.12 bits per heavy atom. The minimum Gasteiger partial charge on any atom is -0.339 e. The van der Waals surface area contributed by atoms with Crippen LogP contribution in [0, 0.1) is 0 Å². The van der Waals surface area contributed by atoms with Crippen molar-refractivity contribution in [1.29, 1.82) is 0 Å². The van der Waals surface area contributed by atoms with Crippen LogP contribution in [0.1, 0.15) is 18.2 Å². The molecule has 2 aromatic heterocycles. The molecule has 1 saturated heterocycles. The first kappa shape index (κ1) is 15.9. The molecule has 3 aromatic rings. The van der Waals surface area contributed by atoms with Gasteiger partial charge >= 0.3 is 0 Å². The normalized spacial score (nSPS) is 18.5. The fourth-order valence-electron chi connectivity index (χ4n) is 2.90. The standard InChI is InChI=1S/C17H16N4O3S/c22-25(23,15-7-4-9-18-11-15)21-10-8-14(12-21)17-19-16(20-24-17)13-5-2-1-3-6-13/h1-7,9,11,14H,8,10,12H2/t14-/m1/s1. The first-order valence-corrected chi connectivity index (χ1v) is 9.38. The Balaban J connectivity index is 1.53. The van der Waals surface area contributed by atoms with Gasteiger partial charge in [0, 0.05) is 31.0 Å². The van der Waals surface area contributed by atoms with Crippen molar-refractivity contribution in [2.75, 3.05) is 13.1 Å². The van der Waals surface area contributed by atoms with Gasteiger partial charge in [0.25, 0.3) is 0 Å². The third-order valence-corrected chi connectivity index (χ3v) is 6.09. The summed E-state index contributed by atoms with van der Waals surface area (Å²) in [5.74, 6) is 0.892. The predicted octanol–water partition coefficient (Wildman–Crippen LogP) is 2.31. The number of aromatic nitrogens is 3. The van der Waals surface area contributed by atoms with Crippen molar-refractivity contribution in [2.45, 2.75) is 17.2 Å². The molecular formula is C17H16N4O3S. The number of nitrogens with zero attached hydrogens (tertiary/aromatic N) is 4. The second-order valence-electron chi connectivity index (χ2n) is 5.86. The van der Waals surface area contributed by atoms with Crippen molar-refractivity contribution < 1.29 is 12.9 Å². The number of hydrogen-bond acceptors (Lipinski definition) is 6. The molecule has 3 heterocycles. The van der Waals surface area contributed by atoms with E-state index in [1.54, 1.807) is 18.3 Å². The Morgan fingerprint density at radius 3 is 2.72 bits per heavy atom. The Morgan fingerprint density at radius 2 is 1.96 bits per heavy atom. The Labute approximate surface area is 145 Å². The van der Waals surface area contributed by atoms with E-state index in [1.807, 2.05) is 30.3 Å². The quantitative estimate of drug-likeness (QED) is 0.713. The van der Waals surface area contributed by atoms with Crippen LogP contribution < -0.4 is 0 Å². The molecule has 0 bridgehead atoms. The molecule has 1 fully saturated rings. The zero-order valence-corrected chi connectivity index (χ0v) is 14.1. The molecule has 1 atom stereocenters. The minimum atomic E-state index is -3.54. The van der Waals surface area contributed by atoms with Crippen LogP contribution in [0.25, 0.3) is 11.4 Å². The molecule has 25 heavy (non-hydrogen) atoms. The smallest absolute Gasteiger partial charge is 0.244 e. The van der Waals surface area contributed by atoms with Gasteiger partial charge < -0.3 is 4.52 Å². The first-order valence-electron chi connectivity index (χ1n) is 7.94. The maximum absolute atomic E-state index is 12.7. The second-order valence-corrected chi connectivity index (χ2v) is 7.80. The molecule has 0 radical (unpaired) electrons. The highest BCUT2D eigenvalue weighted by molar-refractivity contribution is 7.89. The van der Waals surface area contributed by atoms with Crippen LogP contribution in [0.15, 0.2) is 64.3 Å². The minimum absolute atomic E-state index is 0.101. The van der Waals surface area contributed by atoms with Crippen molar-refractivity contribution in [3.05, 3.63) is 60.7 Å². The summed E-state index contributed by atoms with van der Waals surface area (Å²) >= 11 is 0. The molecule has 1 aromatic carbocycles. The molecule has 0 amide bonds. The Bertz CT molecular complexity index is 958. The van der Waals surface area contributed by atoms with Crippen LogP contribution in [-0.2, 0) is 10.0 Å².